The van der Waals surface area contributed by atoms with E-state index in [1.807, 2.05) is 22.7 Å². The number of rotatable bonds is 5. The molecule has 5 nitrogen and oxygen atoms in total. The van der Waals surface area contributed by atoms with Crippen molar-refractivity contribution in [1.82, 2.24) is 14.5 Å². The van der Waals surface area contributed by atoms with Crippen LogP contribution in [0, 0.1) is 0 Å². The Morgan fingerprint density at radius 3 is 3.00 bits per heavy atom. The highest BCUT2D eigenvalue weighted by atomic mass is 16.5. The molecule has 1 rings (SSSR count). The van der Waals surface area contributed by atoms with E-state index >= 15 is 0 Å². The minimum absolute atomic E-state index is 0.230. The number of imidazole rings is 1. The molecule has 0 bridgehead atoms. The Kier molecular flexibility index (Phi) is 4.30. The zero-order valence-electron chi connectivity index (χ0n) is 9.43. The zero-order valence-corrected chi connectivity index (χ0v) is 9.43. The normalized spacial score (nSPS) is 10.7. The molecule has 0 unspecified atom stereocenters. The lowest BCUT2D eigenvalue weighted by atomic mass is 10.4. The molecule has 1 aromatic heterocycles. The summed E-state index contributed by atoms with van der Waals surface area (Å²) >= 11 is 0. The van der Waals surface area contributed by atoms with Crippen LogP contribution in [0.2, 0.25) is 0 Å². The number of nitrogens with zero attached hydrogens (tertiary/aromatic N) is 3. The number of esters is 1. The first-order valence-corrected chi connectivity index (χ1v) is 4.92. The smallest absolute Gasteiger partial charge is 0.319 e. The van der Waals surface area contributed by atoms with Crippen LogP contribution in [0.5, 0.6) is 0 Å². The van der Waals surface area contributed by atoms with Crippen LogP contribution < -0.4 is 0 Å². The predicted octanol–water partition coefficient (Wildman–Crippen LogP) is 0.508. The number of likely N-dealkylation sites (N-methyl/N-ethyl adjacent to an activating group) is 1. The summed E-state index contributed by atoms with van der Waals surface area (Å²) in [6, 6.07) is 0. The molecule has 0 aliphatic rings. The fourth-order valence-electron chi connectivity index (χ4n) is 1.36. The molecule has 0 amide bonds. The molecule has 1 aromatic rings. The molecule has 0 aromatic carbocycles. The van der Waals surface area contributed by atoms with E-state index in [9.17, 15) is 4.79 Å². The van der Waals surface area contributed by atoms with Gasteiger partial charge in [-0.2, -0.15) is 0 Å². The van der Waals surface area contributed by atoms with Crippen molar-refractivity contribution >= 4 is 5.97 Å². The monoisotopic (exact) mass is 211 g/mol. The van der Waals surface area contributed by atoms with Crippen LogP contribution in [-0.4, -0.2) is 41.1 Å². The summed E-state index contributed by atoms with van der Waals surface area (Å²) in [4.78, 5) is 17.1. The first-order valence-electron chi connectivity index (χ1n) is 4.92. The van der Waals surface area contributed by atoms with Gasteiger partial charge in [0.1, 0.15) is 5.82 Å². The highest BCUT2D eigenvalue weighted by molar-refractivity contribution is 5.71. The van der Waals surface area contributed by atoms with Crippen LogP contribution in [-0.2, 0) is 22.6 Å². The summed E-state index contributed by atoms with van der Waals surface area (Å²) in [6.07, 6.45) is 3.70. The molecule has 84 valence electrons. The highest BCUT2D eigenvalue weighted by Crippen LogP contribution is 2.01. The average Bonchev–Trinajstić information content (AvgIpc) is 2.64. The van der Waals surface area contributed by atoms with Gasteiger partial charge in [-0.05, 0) is 14.0 Å². The van der Waals surface area contributed by atoms with E-state index in [2.05, 4.69) is 16.6 Å². The Morgan fingerprint density at radius 1 is 1.67 bits per heavy atom. The number of hydrogen-bond donors (Lipinski definition) is 0. The molecule has 5 heteroatoms. The standard InChI is InChI=1S/C10H17N3O2/c1-4-13-6-5-11-9(13)7-12(2)8-10(14)15-3/h5-6H,4,7-8H2,1-3H3. The van der Waals surface area contributed by atoms with Gasteiger partial charge in [-0.25, -0.2) is 4.98 Å². The molecule has 0 aliphatic carbocycles. The number of aromatic nitrogens is 2. The van der Waals surface area contributed by atoms with Crippen LogP contribution in [0.15, 0.2) is 12.4 Å². The molecule has 0 fully saturated rings. The van der Waals surface area contributed by atoms with Crippen molar-refractivity contribution in [1.29, 1.82) is 0 Å². The Bertz CT molecular complexity index is 322. The van der Waals surface area contributed by atoms with Crippen molar-refractivity contribution in [3.05, 3.63) is 18.2 Å². The topological polar surface area (TPSA) is 47.4 Å². The van der Waals surface area contributed by atoms with Gasteiger partial charge in [0.05, 0.1) is 20.2 Å². The maximum absolute atomic E-state index is 11.0. The Balaban J connectivity index is 2.50. The highest BCUT2D eigenvalue weighted by Gasteiger charge is 2.09. The molecule has 0 aliphatic heterocycles. The van der Waals surface area contributed by atoms with Gasteiger partial charge in [0.25, 0.3) is 0 Å². The van der Waals surface area contributed by atoms with E-state index in [4.69, 9.17) is 0 Å². The lowest BCUT2D eigenvalue weighted by Gasteiger charge is -2.15. The number of methoxy groups -OCH3 is 1. The number of hydrogen-bond acceptors (Lipinski definition) is 4. The van der Waals surface area contributed by atoms with Crippen molar-refractivity contribution in [2.75, 3.05) is 20.7 Å². The van der Waals surface area contributed by atoms with E-state index in [-0.39, 0.29) is 12.5 Å². The van der Waals surface area contributed by atoms with Crippen LogP contribution in [0.3, 0.4) is 0 Å². The molecule has 15 heavy (non-hydrogen) atoms. The average molecular weight is 211 g/mol. The minimum Gasteiger partial charge on any atom is -0.468 e. The summed E-state index contributed by atoms with van der Waals surface area (Å²) in [7, 11) is 3.26. The Labute approximate surface area is 89.7 Å². The summed E-state index contributed by atoms with van der Waals surface area (Å²) in [6.45, 7) is 3.88. The fourth-order valence-corrected chi connectivity index (χ4v) is 1.36. The van der Waals surface area contributed by atoms with Gasteiger partial charge in [0.15, 0.2) is 0 Å². The predicted molar refractivity (Wildman–Crippen MR) is 56.3 cm³/mol. The van der Waals surface area contributed by atoms with E-state index in [1.54, 1.807) is 6.20 Å². The molecule has 0 radical (unpaired) electrons. The van der Waals surface area contributed by atoms with E-state index < -0.39 is 0 Å². The summed E-state index contributed by atoms with van der Waals surface area (Å²) in [5.74, 6) is 0.732. The van der Waals surface area contributed by atoms with Gasteiger partial charge in [-0.15, -0.1) is 0 Å². The van der Waals surface area contributed by atoms with Gasteiger partial charge in [-0.1, -0.05) is 0 Å². The maximum Gasteiger partial charge on any atom is 0.319 e. The van der Waals surface area contributed by atoms with Crippen molar-refractivity contribution < 1.29 is 9.53 Å². The quantitative estimate of drug-likeness (QED) is 0.666. The second-order valence-electron chi connectivity index (χ2n) is 3.38. The summed E-state index contributed by atoms with van der Waals surface area (Å²) in [5.41, 5.74) is 0. The SMILES string of the molecule is CCn1ccnc1CN(C)CC(=O)OC. The molecule has 1 heterocycles. The number of aryl methyl sites for hydroxylation is 1. The minimum atomic E-state index is -0.230. The molecular formula is C10H17N3O2. The van der Waals surface area contributed by atoms with E-state index in [1.165, 1.54) is 7.11 Å². The molecule has 0 saturated carbocycles. The summed E-state index contributed by atoms with van der Waals surface area (Å²) in [5, 5.41) is 0. The summed E-state index contributed by atoms with van der Waals surface area (Å²) < 4.78 is 6.64. The first kappa shape index (κ1) is 11.7. The number of ether oxygens (including phenoxy) is 1. The maximum atomic E-state index is 11.0. The van der Waals surface area contributed by atoms with Crippen molar-refractivity contribution in [2.24, 2.45) is 0 Å². The van der Waals surface area contributed by atoms with Crippen LogP contribution in [0.4, 0.5) is 0 Å². The zero-order chi connectivity index (χ0) is 11.3. The number of carbonyl (C=O) groups excluding carboxylic acids is 1. The van der Waals surface area contributed by atoms with Crippen LogP contribution in [0.1, 0.15) is 12.7 Å². The lowest BCUT2D eigenvalue weighted by Crippen LogP contribution is -2.27. The third kappa shape index (κ3) is 3.36. The number of carbonyl (C=O) groups is 1. The van der Waals surface area contributed by atoms with Gasteiger partial charge < -0.3 is 9.30 Å². The van der Waals surface area contributed by atoms with Crippen LogP contribution in [0.25, 0.3) is 0 Å². The van der Waals surface area contributed by atoms with Crippen LogP contribution >= 0.6 is 0 Å². The molecule has 0 saturated heterocycles. The fraction of sp³-hybridized carbons (Fsp3) is 0.600. The van der Waals surface area contributed by atoms with Crippen molar-refractivity contribution in [2.45, 2.75) is 20.0 Å². The van der Waals surface area contributed by atoms with Gasteiger partial charge in [0.2, 0.25) is 0 Å². The lowest BCUT2D eigenvalue weighted by molar-refractivity contribution is -0.141. The third-order valence-corrected chi connectivity index (χ3v) is 2.18. The second kappa shape index (κ2) is 5.50. The second-order valence-corrected chi connectivity index (χ2v) is 3.38. The van der Waals surface area contributed by atoms with Crippen molar-refractivity contribution in [3.8, 4) is 0 Å². The van der Waals surface area contributed by atoms with Crippen molar-refractivity contribution in [3.63, 3.8) is 0 Å². The molecule has 0 N–H and O–H groups in total. The van der Waals surface area contributed by atoms with E-state index in [0.29, 0.717) is 6.54 Å². The molecule has 0 spiro atoms. The van der Waals surface area contributed by atoms with Gasteiger partial charge in [-0.3, -0.25) is 9.69 Å². The third-order valence-electron chi connectivity index (χ3n) is 2.18. The van der Waals surface area contributed by atoms with Gasteiger partial charge in [0, 0.05) is 18.9 Å². The molecular weight excluding hydrogens is 194 g/mol. The van der Waals surface area contributed by atoms with Gasteiger partial charge >= 0.3 is 5.97 Å². The Hall–Kier alpha value is -1.36. The largest absolute Gasteiger partial charge is 0.468 e. The Morgan fingerprint density at radius 2 is 2.40 bits per heavy atom. The molecule has 0 atom stereocenters. The van der Waals surface area contributed by atoms with E-state index in [0.717, 1.165) is 12.4 Å². The first-order chi connectivity index (χ1) is 7.17.